The second kappa shape index (κ2) is 4.57. The third-order valence-electron chi connectivity index (χ3n) is 2.56. The zero-order valence-electron chi connectivity index (χ0n) is 8.53. The molecule has 14 heavy (non-hydrogen) atoms. The van der Waals surface area contributed by atoms with Gasteiger partial charge < -0.3 is 16.2 Å². The first kappa shape index (κ1) is 11.2. The summed E-state index contributed by atoms with van der Waals surface area (Å²) in [5.74, 6) is -0.375. The summed E-state index contributed by atoms with van der Waals surface area (Å²) in [5.41, 5.74) is 12.0. The highest BCUT2D eigenvalue weighted by atomic mass is 16.5. The van der Waals surface area contributed by atoms with Crippen LogP contribution in [0.25, 0.3) is 0 Å². The molecule has 80 valence electrons. The number of carbonyl (C=O) groups is 1. The van der Waals surface area contributed by atoms with Crippen molar-refractivity contribution >= 4 is 5.97 Å². The molecule has 0 aromatic carbocycles. The Balaban J connectivity index is 2.51. The zero-order valence-corrected chi connectivity index (χ0v) is 8.53. The summed E-state index contributed by atoms with van der Waals surface area (Å²) in [6.07, 6.45) is 2.42. The molecule has 3 atom stereocenters. The predicted octanol–water partition coefficient (Wildman–Crippen LogP) is 0.313. The molecule has 1 rings (SSSR count). The molecule has 0 spiro atoms. The first-order chi connectivity index (χ1) is 6.52. The van der Waals surface area contributed by atoms with Gasteiger partial charge in [0.2, 0.25) is 0 Å². The van der Waals surface area contributed by atoms with Crippen molar-refractivity contribution in [3.05, 3.63) is 12.2 Å². The van der Waals surface area contributed by atoms with Crippen molar-refractivity contribution in [3.8, 4) is 0 Å². The van der Waals surface area contributed by atoms with E-state index < -0.39 is 0 Å². The van der Waals surface area contributed by atoms with E-state index >= 15 is 0 Å². The van der Waals surface area contributed by atoms with Gasteiger partial charge in [0.1, 0.15) is 6.10 Å². The van der Waals surface area contributed by atoms with Crippen molar-refractivity contribution in [1.29, 1.82) is 0 Å². The fraction of sp³-hybridized carbons (Fsp3) is 0.700. The van der Waals surface area contributed by atoms with Crippen molar-refractivity contribution in [2.24, 2.45) is 11.5 Å². The van der Waals surface area contributed by atoms with E-state index in [0.717, 1.165) is 19.3 Å². The van der Waals surface area contributed by atoms with Crippen LogP contribution in [-0.2, 0) is 9.53 Å². The molecule has 3 unspecified atom stereocenters. The van der Waals surface area contributed by atoms with Gasteiger partial charge in [-0.1, -0.05) is 6.58 Å². The van der Waals surface area contributed by atoms with Crippen LogP contribution in [0.1, 0.15) is 26.2 Å². The third-order valence-corrected chi connectivity index (χ3v) is 2.56. The SMILES string of the molecule is C=C(C)C(=O)OC1CCCC(N)C1N. The lowest BCUT2D eigenvalue weighted by Gasteiger charge is -2.32. The highest BCUT2D eigenvalue weighted by Crippen LogP contribution is 2.19. The molecule has 0 saturated heterocycles. The Morgan fingerprint density at radius 1 is 1.43 bits per heavy atom. The molecule has 0 bridgehead atoms. The second-order valence-electron chi connectivity index (χ2n) is 3.90. The smallest absolute Gasteiger partial charge is 0.333 e. The first-order valence-corrected chi connectivity index (χ1v) is 4.90. The minimum atomic E-state index is -0.375. The quantitative estimate of drug-likeness (QED) is 0.494. The van der Waals surface area contributed by atoms with Crippen molar-refractivity contribution in [2.45, 2.75) is 44.4 Å². The Bertz CT molecular complexity index is 240. The lowest BCUT2D eigenvalue weighted by atomic mass is 9.89. The number of hydrogen-bond donors (Lipinski definition) is 2. The molecule has 0 radical (unpaired) electrons. The normalized spacial score (nSPS) is 32.4. The summed E-state index contributed by atoms with van der Waals surface area (Å²) in [6, 6.07) is -0.307. The average Bonchev–Trinajstić information content (AvgIpc) is 2.12. The molecule has 4 N–H and O–H groups in total. The van der Waals surface area contributed by atoms with E-state index in [-0.39, 0.29) is 24.2 Å². The molecule has 1 aliphatic carbocycles. The first-order valence-electron chi connectivity index (χ1n) is 4.90. The monoisotopic (exact) mass is 198 g/mol. The van der Waals surface area contributed by atoms with E-state index in [0.29, 0.717) is 5.57 Å². The Morgan fingerprint density at radius 2 is 2.07 bits per heavy atom. The molecule has 0 aromatic heterocycles. The number of carbonyl (C=O) groups excluding carboxylic acids is 1. The van der Waals surface area contributed by atoms with E-state index in [1.165, 1.54) is 0 Å². The van der Waals surface area contributed by atoms with E-state index in [1.54, 1.807) is 6.92 Å². The van der Waals surface area contributed by atoms with Gasteiger partial charge in [-0.15, -0.1) is 0 Å². The summed E-state index contributed by atoms with van der Waals surface area (Å²) in [7, 11) is 0. The standard InChI is InChI=1S/C10H18N2O2/c1-6(2)10(13)14-8-5-3-4-7(11)9(8)12/h7-9H,1,3-5,11-12H2,2H3. The molecule has 1 fully saturated rings. The Hall–Kier alpha value is -0.870. The highest BCUT2D eigenvalue weighted by molar-refractivity contribution is 5.87. The number of nitrogens with two attached hydrogens (primary N) is 2. The third kappa shape index (κ3) is 2.56. The van der Waals surface area contributed by atoms with Crippen LogP contribution >= 0.6 is 0 Å². The molecule has 0 aliphatic heterocycles. The molecule has 1 aliphatic rings. The molecule has 4 nitrogen and oxygen atoms in total. The molecule has 0 aromatic rings. The number of hydrogen-bond acceptors (Lipinski definition) is 4. The summed E-state index contributed by atoms with van der Waals surface area (Å²) in [6.45, 7) is 5.14. The van der Waals surface area contributed by atoms with Crippen LogP contribution < -0.4 is 11.5 Å². The van der Waals surface area contributed by atoms with Gasteiger partial charge in [-0.2, -0.15) is 0 Å². The second-order valence-corrected chi connectivity index (χ2v) is 3.90. The molecular weight excluding hydrogens is 180 g/mol. The fourth-order valence-electron chi connectivity index (χ4n) is 1.59. The van der Waals surface area contributed by atoms with Crippen molar-refractivity contribution in [3.63, 3.8) is 0 Å². The van der Waals surface area contributed by atoms with E-state index in [9.17, 15) is 4.79 Å². The van der Waals surface area contributed by atoms with Gasteiger partial charge in [0.15, 0.2) is 0 Å². The largest absolute Gasteiger partial charge is 0.457 e. The van der Waals surface area contributed by atoms with Crippen LogP contribution in [0, 0.1) is 0 Å². The highest BCUT2D eigenvalue weighted by Gasteiger charge is 2.30. The van der Waals surface area contributed by atoms with Gasteiger partial charge in [-0.25, -0.2) is 4.79 Å². The van der Waals surface area contributed by atoms with Gasteiger partial charge in [0, 0.05) is 11.6 Å². The number of ether oxygens (including phenoxy) is 1. The van der Waals surface area contributed by atoms with Crippen LogP contribution in [0.3, 0.4) is 0 Å². The summed E-state index contributed by atoms with van der Waals surface area (Å²) < 4.78 is 5.19. The van der Waals surface area contributed by atoms with Crippen LogP contribution in [0.15, 0.2) is 12.2 Å². The van der Waals surface area contributed by atoms with Gasteiger partial charge >= 0.3 is 5.97 Å². The molecule has 0 heterocycles. The maximum Gasteiger partial charge on any atom is 0.333 e. The lowest BCUT2D eigenvalue weighted by Crippen LogP contribution is -2.53. The van der Waals surface area contributed by atoms with Crippen molar-refractivity contribution in [1.82, 2.24) is 0 Å². The summed E-state index contributed by atoms with van der Waals surface area (Å²) >= 11 is 0. The molecule has 1 saturated carbocycles. The fourth-order valence-corrected chi connectivity index (χ4v) is 1.59. The number of rotatable bonds is 2. The maximum absolute atomic E-state index is 11.2. The summed E-state index contributed by atoms with van der Waals surface area (Å²) in [5, 5.41) is 0. The van der Waals surface area contributed by atoms with Crippen molar-refractivity contribution < 1.29 is 9.53 Å². The van der Waals surface area contributed by atoms with Gasteiger partial charge in [-0.3, -0.25) is 0 Å². The number of esters is 1. The Morgan fingerprint density at radius 3 is 2.64 bits per heavy atom. The van der Waals surface area contributed by atoms with Crippen LogP contribution in [0.4, 0.5) is 0 Å². The van der Waals surface area contributed by atoms with Crippen LogP contribution in [0.5, 0.6) is 0 Å². The van der Waals surface area contributed by atoms with E-state index in [4.69, 9.17) is 16.2 Å². The predicted molar refractivity (Wildman–Crippen MR) is 54.5 cm³/mol. The topological polar surface area (TPSA) is 78.3 Å². The van der Waals surface area contributed by atoms with Crippen molar-refractivity contribution in [2.75, 3.05) is 0 Å². The molecule has 0 amide bonds. The maximum atomic E-state index is 11.2. The zero-order chi connectivity index (χ0) is 10.7. The van der Waals surface area contributed by atoms with Gasteiger partial charge in [0.25, 0.3) is 0 Å². The summed E-state index contributed by atoms with van der Waals surface area (Å²) in [4.78, 5) is 11.2. The molecular formula is C10H18N2O2. The van der Waals surface area contributed by atoms with E-state index in [2.05, 4.69) is 6.58 Å². The van der Waals surface area contributed by atoms with E-state index in [1.807, 2.05) is 0 Å². The minimum Gasteiger partial charge on any atom is -0.457 e. The molecule has 4 heteroatoms. The van der Waals surface area contributed by atoms with Gasteiger partial charge in [-0.05, 0) is 26.2 Å². The lowest BCUT2D eigenvalue weighted by molar-refractivity contribution is -0.146. The van der Waals surface area contributed by atoms with Crippen LogP contribution in [-0.4, -0.2) is 24.2 Å². The Kier molecular flexibility index (Phi) is 3.66. The average molecular weight is 198 g/mol. The van der Waals surface area contributed by atoms with Crippen LogP contribution in [0.2, 0.25) is 0 Å². The minimum absolute atomic E-state index is 0.0633. The Labute approximate surface area is 84.3 Å². The van der Waals surface area contributed by atoms with Gasteiger partial charge in [0.05, 0.1) is 6.04 Å².